The van der Waals surface area contributed by atoms with Gasteiger partial charge in [-0.3, -0.25) is 14.5 Å². The molecule has 1 fully saturated rings. The summed E-state index contributed by atoms with van der Waals surface area (Å²) >= 11 is 1.48. The zero-order valence-electron chi connectivity index (χ0n) is 16.7. The number of nitrogens with zero attached hydrogens (tertiary/aromatic N) is 1. The highest BCUT2D eigenvalue weighted by atomic mass is 32.2. The monoisotopic (exact) mass is 420 g/mol. The second kappa shape index (κ2) is 8.32. The number of nitrogens with one attached hydrogen (secondary N) is 1. The minimum atomic E-state index is -0.338. The van der Waals surface area contributed by atoms with Crippen LogP contribution in [0.15, 0.2) is 66.7 Å². The summed E-state index contributed by atoms with van der Waals surface area (Å²) in [6.45, 7) is 3.59. The molecule has 1 aliphatic rings. The van der Waals surface area contributed by atoms with Crippen molar-refractivity contribution in [2.75, 3.05) is 16.0 Å². The number of aryl methyl sites for hydroxylation is 2. The average Bonchev–Trinajstić information content (AvgIpc) is 3.12. The molecule has 3 aromatic rings. The van der Waals surface area contributed by atoms with Gasteiger partial charge in [-0.2, -0.15) is 0 Å². The van der Waals surface area contributed by atoms with E-state index in [1.165, 1.54) is 17.8 Å². The first-order chi connectivity index (χ1) is 14.4. The third kappa shape index (κ3) is 3.96. The van der Waals surface area contributed by atoms with E-state index in [0.29, 0.717) is 28.3 Å². The number of rotatable bonds is 4. The van der Waals surface area contributed by atoms with E-state index in [9.17, 15) is 14.0 Å². The molecule has 4 nitrogen and oxygen atoms in total. The number of carbonyl (C=O) groups is 2. The SMILES string of the molecule is Cc1ccc(N2C(=O)CS[C@H]2c2cccc(NC(=O)c3ccccc3C)c2)cc1F. The molecule has 0 saturated carbocycles. The Labute approximate surface area is 179 Å². The van der Waals surface area contributed by atoms with Gasteiger partial charge in [0.25, 0.3) is 5.91 Å². The van der Waals surface area contributed by atoms with E-state index in [-0.39, 0.29) is 23.0 Å². The Morgan fingerprint density at radius 2 is 1.83 bits per heavy atom. The Morgan fingerprint density at radius 1 is 1.03 bits per heavy atom. The molecule has 152 valence electrons. The molecule has 1 atom stereocenters. The fourth-order valence-corrected chi connectivity index (χ4v) is 4.64. The van der Waals surface area contributed by atoms with Crippen molar-refractivity contribution >= 4 is 35.0 Å². The summed E-state index contributed by atoms with van der Waals surface area (Å²) in [5.74, 6) is -0.268. The predicted molar refractivity (Wildman–Crippen MR) is 119 cm³/mol. The van der Waals surface area contributed by atoms with Gasteiger partial charge >= 0.3 is 0 Å². The highest BCUT2D eigenvalue weighted by Crippen LogP contribution is 2.42. The van der Waals surface area contributed by atoms with Gasteiger partial charge in [-0.05, 0) is 60.9 Å². The minimum absolute atomic E-state index is 0.0670. The number of benzene rings is 3. The zero-order valence-corrected chi connectivity index (χ0v) is 17.5. The lowest BCUT2D eigenvalue weighted by molar-refractivity contribution is -0.115. The topological polar surface area (TPSA) is 49.4 Å². The van der Waals surface area contributed by atoms with Gasteiger partial charge in [-0.25, -0.2) is 4.39 Å². The predicted octanol–water partition coefficient (Wildman–Crippen LogP) is 5.47. The maximum Gasteiger partial charge on any atom is 0.255 e. The van der Waals surface area contributed by atoms with Crippen LogP contribution in [0.3, 0.4) is 0 Å². The lowest BCUT2D eigenvalue weighted by Crippen LogP contribution is -2.28. The van der Waals surface area contributed by atoms with Gasteiger partial charge in [0.1, 0.15) is 11.2 Å². The van der Waals surface area contributed by atoms with Crippen molar-refractivity contribution in [3.05, 3.63) is 94.8 Å². The highest BCUT2D eigenvalue weighted by molar-refractivity contribution is 8.00. The third-order valence-electron chi connectivity index (χ3n) is 5.12. The molecular weight excluding hydrogens is 399 g/mol. The molecule has 1 heterocycles. The van der Waals surface area contributed by atoms with Gasteiger partial charge in [0.15, 0.2) is 0 Å². The molecule has 1 saturated heterocycles. The first-order valence-electron chi connectivity index (χ1n) is 9.61. The van der Waals surface area contributed by atoms with Crippen molar-refractivity contribution in [3.8, 4) is 0 Å². The number of anilines is 2. The van der Waals surface area contributed by atoms with Crippen molar-refractivity contribution in [2.24, 2.45) is 0 Å². The molecule has 0 bridgehead atoms. The lowest BCUT2D eigenvalue weighted by atomic mass is 10.1. The zero-order chi connectivity index (χ0) is 21.3. The van der Waals surface area contributed by atoms with Crippen LogP contribution in [0, 0.1) is 19.7 Å². The lowest BCUT2D eigenvalue weighted by Gasteiger charge is -2.25. The van der Waals surface area contributed by atoms with E-state index in [0.717, 1.165) is 11.1 Å². The largest absolute Gasteiger partial charge is 0.322 e. The normalized spacial score (nSPS) is 16.0. The molecule has 3 aromatic carbocycles. The van der Waals surface area contributed by atoms with Crippen LogP contribution in [0.25, 0.3) is 0 Å². The van der Waals surface area contributed by atoms with Crippen molar-refractivity contribution < 1.29 is 14.0 Å². The number of hydrogen-bond donors (Lipinski definition) is 1. The Morgan fingerprint density at radius 3 is 2.60 bits per heavy atom. The summed E-state index contributed by atoms with van der Waals surface area (Å²) in [6.07, 6.45) is 0. The van der Waals surface area contributed by atoms with E-state index >= 15 is 0 Å². The number of hydrogen-bond acceptors (Lipinski definition) is 3. The van der Waals surface area contributed by atoms with Crippen LogP contribution in [0.4, 0.5) is 15.8 Å². The quantitative estimate of drug-likeness (QED) is 0.609. The molecular formula is C24H21FN2O2S. The summed E-state index contributed by atoms with van der Waals surface area (Å²) in [4.78, 5) is 26.8. The summed E-state index contributed by atoms with van der Waals surface area (Å²) in [6, 6.07) is 19.7. The van der Waals surface area contributed by atoms with Gasteiger partial charge in [0.2, 0.25) is 5.91 Å². The molecule has 1 aliphatic heterocycles. The van der Waals surface area contributed by atoms with E-state index in [1.807, 2.05) is 49.4 Å². The van der Waals surface area contributed by atoms with Crippen LogP contribution in [-0.4, -0.2) is 17.6 Å². The van der Waals surface area contributed by atoms with E-state index in [4.69, 9.17) is 0 Å². The first kappa shape index (κ1) is 20.2. The fourth-order valence-electron chi connectivity index (χ4n) is 3.48. The summed E-state index contributed by atoms with van der Waals surface area (Å²) in [5.41, 5.74) is 4.11. The Hall–Kier alpha value is -3.12. The Kier molecular flexibility index (Phi) is 5.59. The van der Waals surface area contributed by atoms with Gasteiger partial charge in [-0.15, -0.1) is 11.8 Å². The van der Waals surface area contributed by atoms with Gasteiger partial charge in [-0.1, -0.05) is 36.4 Å². The van der Waals surface area contributed by atoms with Crippen LogP contribution in [0.1, 0.15) is 32.4 Å². The van der Waals surface area contributed by atoms with Crippen LogP contribution in [-0.2, 0) is 4.79 Å². The average molecular weight is 421 g/mol. The molecule has 30 heavy (non-hydrogen) atoms. The van der Waals surface area contributed by atoms with Crippen LogP contribution < -0.4 is 10.2 Å². The minimum Gasteiger partial charge on any atom is -0.322 e. The van der Waals surface area contributed by atoms with Gasteiger partial charge < -0.3 is 5.32 Å². The molecule has 0 radical (unpaired) electrons. The van der Waals surface area contributed by atoms with E-state index in [1.54, 1.807) is 30.0 Å². The van der Waals surface area contributed by atoms with Gasteiger partial charge in [0.05, 0.1) is 5.75 Å². The smallest absolute Gasteiger partial charge is 0.255 e. The van der Waals surface area contributed by atoms with Crippen molar-refractivity contribution in [1.29, 1.82) is 0 Å². The Balaban J connectivity index is 1.61. The molecule has 6 heteroatoms. The van der Waals surface area contributed by atoms with Crippen molar-refractivity contribution in [3.63, 3.8) is 0 Å². The Bertz CT molecular complexity index is 1130. The molecule has 0 aromatic heterocycles. The molecule has 0 spiro atoms. The van der Waals surface area contributed by atoms with E-state index in [2.05, 4.69) is 5.32 Å². The third-order valence-corrected chi connectivity index (χ3v) is 6.33. The standard InChI is InChI=1S/C24H21FN2O2S/c1-15-6-3-4-9-20(15)23(29)26-18-8-5-7-17(12-18)24-27(22(28)14-30-24)19-11-10-16(2)21(25)13-19/h3-13,24H,14H2,1-2H3,(H,26,29)/t24-/m0/s1. The number of amides is 2. The molecule has 0 unspecified atom stereocenters. The summed E-state index contributed by atoms with van der Waals surface area (Å²) in [5, 5.41) is 2.65. The van der Waals surface area contributed by atoms with Crippen molar-refractivity contribution in [2.45, 2.75) is 19.2 Å². The van der Waals surface area contributed by atoms with Crippen LogP contribution >= 0.6 is 11.8 Å². The molecule has 2 amide bonds. The maximum atomic E-state index is 14.1. The second-order valence-electron chi connectivity index (χ2n) is 7.26. The fraction of sp³-hybridized carbons (Fsp3) is 0.167. The summed E-state index contributed by atoms with van der Waals surface area (Å²) < 4.78 is 14.1. The molecule has 0 aliphatic carbocycles. The van der Waals surface area contributed by atoms with Crippen LogP contribution in [0.5, 0.6) is 0 Å². The van der Waals surface area contributed by atoms with Crippen molar-refractivity contribution in [1.82, 2.24) is 0 Å². The van der Waals surface area contributed by atoms with E-state index < -0.39 is 0 Å². The highest BCUT2D eigenvalue weighted by Gasteiger charge is 2.34. The van der Waals surface area contributed by atoms with Crippen LogP contribution in [0.2, 0.25) is 0 Å². The second-order valence-corrected chi connectivity index (χ2v) is 8.32. The molecule has 4 rings (SSSR count). The molecule has 1 N–H and O–H groups in total. The maximum absolute atomic E-state index is 14.1. The number of carbonyl (C=O) groups excluding carboxylic acids is 2. The first-order valence-corrected chi connectivity index (χ1v) is 10.7. The van der Waals surface area contributed by atoms with Gasteiger partial charge in [0, 0.05) is 16.9 Å². The number of halogens is 1. The number of thioether (sulfide) groups is 1. The summed E-state index contributed by atoms with van der Waals surface area (Å²) in [7, 11) is 0.